The van der Waals surface area contributed by atoms with Gasteiger partial charge >= 0.3 is 0 Å². The predicted molar refractivity (Wildman–Crippen MR) is 90.8 cm³/mol. The highest BCUT2D eigenvalue weighted by molar-refractivity contribution is 7.12. The molecule has 3 aromatic rings. The van der Waals surface area contributed by atoms with Crippen molar-refractivity contribution >= 4 is 22.5 Å². The molecule has 0 atom stereocenters. The molecular formula is C17H20N4S. The van der Waals surface area contributed by atoms with Crippen molar-refractivity contribution in [1.82, 2.24) is 19.4 Å². The molecule has 114 valence electrons. The number of thiophene rings is 1. The van der Waals surface area contributed by atoms with Crippen LogP contribution in [0, 0.1) is 0 Å². The molecule has 3 aromatic heterocycles. The van der Waals surface area contributed by atoms with Crippen molar-refractivity contribution in [3.63, 3.8) is 0 Å². The fourth-order valence-electron chi connectivity index (χ4n) is 3.33. The molecule has 0 radical (unpaired) electrons. The summed E-state index contributed by atoms with van der Waals surface area (Å²) in [5.41, 5.74) is 1.99. The van der Waals surface area contributed by atoms with Gasteiger partial charge in [0.05, 0.1) is 0 Å². The van der Waals surface area contributed by atoms with Crippen molar-refractivity contribution in [1.29, 1.82) is 0 Å². The Balaban J connectivity index is 1.79. The van der Waals surface area contributed by atoms with E-state index in [-0.39, 0.29) is 0 Å². The van der Waals surface area contributed by atoms with Gasteiger partial charge in [-0.3, -0.25) is 4.57 Å². The largest absolute Gasteiger partial charge is 0.304 e. The lowest BCUT2D eigenvalue weighted by Gasteiger charge is -2.30. The van der Waals surface area contributed by atoms with Crippen LogP contribution in [-0.2, 0) is 0 Å². The van der Waals surface area contributed by atoms with Gasteiger partial charge in [0.25, 0.3) is 0 Å². The van der Waals surface area contributed by atoms with E-state index in [1.165, 1.54) is 36.8 Å². The third-order valence-corrected chi connectivity index (χ3v) is 5.42. The van der Waals surface area contributed by atoms with Gasteiger partial charge in [-0.25, -0.2) is 9.97 Å². The van der Waals surface area contributed by atoms with Gasteiger partial charge in [-0.15, -0.1) is 11.3 Å². The SMILES string of the molecule is CCN1CCC(c2nc3cccnc3n2-c2cccs2)CC1. The molecule has 1 saturated heterocycles. The lowest BCUT2D eigenvalue weighted by Crippen LogP contribution is -2.33. The number of likely N-dealkylation sites (tertiary alicyclic amines) is 1. The zero-order valence-corrected chi connectivity index (χ0v) is 13.6. The average Bonchev–Trinajstić information content (AvgIpc) is 3.21. The number of imidazole rings is 1. The van der Waals surface area contributed by atoms with E-state index < -0.39 is 0 Å². The maximum Gasteiger partial charge on any atom is 0.165 e. The average molecular weight is 312 g/mol. The molecule has 4 nitrogen and oxygen atoms in total. The van der Waals surface area contributed by atoms with Crippen molar-refractivity contribution in [2.24, 2.45) is 0 Å². The normalized spacial score (nSPS) is 17.3. The summed E-state index contributed by atoms with van der Waals surface area (Å²) in [6, 6.07) is 8.29. The van der Waals surface area contributed by atoms with Gasteiger partial charge in [0.2, 0.25) is 0 Å². The maximum atomic E-state index is 4.93. The van der Waals surface area contributed by atoms with Crippen LogP contribution in [0.15, 0.2) is 35.8 Å². The minimum absolute atomic E-state index is 0.527. The molecule has 0 aromatic carbocycles. The van der Waals surface area contributed by atoms with E-state index in [2.05, 4.69) is 45.0 Å². The summed E-state index contributed by atoms with van der Waals surface area (Å²) in [7, 11) is 0. The maximum absolute atomic E-state index is 4.93. The summed E-state index contributed by atoms with van der Waals surface area (Å²) < 4.78 is 2.27. The lowest BCUT2D eigenvalue weighted by molar-refractivity contribution is 0.218. The molecule has 0 N–H and O–H groups in total. The summed E-state index contributed by atoms with van der Waals surface area (Å²) in [5, 5.41) is 3.34. The van der Waals surface area contributed by atoms with Gasteiger partial charge in [0.15, 0.2) is 5.65 Å². The lowest BCUT2D eigenvalue weighted by atomic mass is 9.96. The Morgan fingerprint density at radius 3 is 2.82 bits per heavy atom. The quantitative estimate of drug-likeness (QED) is 0.740. The number of aromatic nitrogens is 3. The molecule has 0 spiro atoms. The van der Waals surface area contributed by atoms with Crippen molar-refractivity contribution in [3.05, 3.63) is 41.7 Å². The zero-order valence-electron chi connectivity index (χ0n) is 12.8. The number of pyridine rings is 1. The van der Waals surface area contributed by atoms with Crippen LogP contribution < -0.4 is 0 Å². The van der Waals surface area contributed by atoms with Crippen LogP contribution in [0.4, 0.5) is 0 Å². The number of hydrogen-bond acceptors (Lipinski definition) is 4. The molecule has 1 aliphatic rings. The molecule has 5 heteroatoms. The van der Waals surface area contributed by atoms with Crippen LogP contribution in [0.25, 0.3) is 16.2 Å². The number of piperidine rings is 1. The second kappa shape index (κ2) is 5.82. The van der Waals surface area contributed by atoms with E-state index in [1.807, 2.05) is 12.3 Å². The van der Waals surface area contributed by atoms with Crippen molar-refractivity contribution in [3.8, 4) is 5.00 Å². The summed E-state index contributed by atoms with van der Waals surface area (Å²) >= 11 is 1.75. The predicted octanol–water partition coefficient (Wildman–Crippen LogP) is 3.68. The van der Waals surface area contributed by atoms with Crippen molar-refractivity contribution in [2.75, 3.05) is 19.6 Å². The van der Waals surface area contributed by atoms with Gasteiger partial charge in [0.1, 0.15) is 16.3 Å². The number of fused-ring (bicyclic) bond motifs is 1. The van der Waals surface area contributed by atoms with Crippen LogP contribution in [0.5, 0.6) is 0 Å². The summed E-state index contributed by atoms with van der Waals surface area (Å²) in [4.78, 5) is 12.0. The highest BCUT2D eigenvalue weighted by atomic mass is 32.1. The zero-order chi connectivity index (χ0) is 14.9. The molecule has 0 unspecified atom stereocenters. The molecule has 4 heterocycles. The Morgan fingerprint density at radius 1 is 1.23 bits per heavy atom. The Morgan fingerprint density at radius 2 is 2.09 bits per heavy atom. The van der Waals surface area contributed by atoms with Gasteiger partial charge in [-0.2, -0.15) is 0 Å². The first kappa shape index (κ1) is 13.9. The Bertz CT molecular complexity index is 754. The highest BCUT2D eigenvalue weighted by Gasteiger charge is 2.26. The van der Waals surface area contributed by atoms with E-state index in [4.69, 9.17) is 4.98 Å². The number of hydrogen-bond donors (Lipinski definition) is 0. The van der Waals surface area contributed by atoms with Crippen LogP contribution in [-0.4, -0.2) is 39.1 Å². The van der Waals surface area contributed by atoms with Crippen molar-refractivity contribution in [2.45, 2.75) is 25.7 Å². The summed E-state index contributed by atoms with van der Waals surface area (Å²) in [6.07, 6.45) is 4.22. The van der Waals surface area contributed by atoms with Crippen LogP contribution >= 0.6 is 11.3 Å². The molecule has 0 saturated carbocycles. The first-order chi connectivity index (χ1) is 10.9. The second-order valence-electron chi connectivity index (χ2n) is 5.81. The standard InChI is InChI=1S/C17H20N4S/c1-2-20-10-7-13(8-11-20)16-19-14-5-3-9-18-17(14)21(16)15-6-4-12-22-15/h3-6,9,12-13H,2,7-8,10-11H2,1H3. The third kappa shape index (κ3) is 2.34. The fourth-order valence-corrected chi connectivity index (χ4v) is 4.06. The molecule has 1 fully saturated rings. The second-order valence-corrected chi connectivity index (χ2v) is 6.74. The first-order valence-corrected chi connectivity index (χ1v) is 8.84. The number of rotatable bonds is 3. The van der Waals surface area contributed by atoms with Gasteiger partial charge < -0.3 is 4.90 Å². The highest BCUT2D eigenvalue weighted by Crippen LogP contribution is 2.32. The van der Waals surface area contributed by atoms with E-state index >= 15 is 0 Å². The Kier molecular flexibility index (Phi) is 3.68. The molecule has 1 aliphatic heterocycles. The van der Waals surface area contributed by atoms with E-state index in [0.29, 0.717) is 5.92 Å². The molecule has 0 bridgehead atoms. The summed E-state index contributed by atoms with van der Waals surface area (Å²) in [5.74, 6) is 1.71. The minimum Gasteiger partial charge on any atom is -0.304 e. The van der Waals surface area contributed by atoms with Gasteiger partial charge in [-0.1, -0.05) is 6.92 Å². The first-order valence-electron chi connectivity index (χ1n) is 7.96. The number of nitrogens with zero attached hydrogens (tertiary/aromatic N) is 4. The molecule has 4 rings (SSSR count). The van der Waals surface area contributed by atoms with Crippen LogP contribution in [0.3, 0.4) is 0 Å². The monoisotopic (exact) mass is 312 g/mol. The Hall–Kier alpha value is -1.72. The molecule has 22 heavy (non-hydrogen) atoms. The summed E-state index contributed by atoms with van der Waals surface area (Å²) in [6.45, 7) is 5.73. The van der Waals surface area contributed by atoms with E-state index in [0.717, 1.165) is 17.7 Å². The topological polar surface area (TPSA) is 34.0 Å². The molecular weight excluding hydrogens is 292 g/mol. The van der Waals surface area contributed by atoms with Crippen molar-refractivity contribution < 1.29 is 0 Å². The van der Waals surface area contributed by atoms with E-state index in [9.17, 15) is 0 Å². The molecule has 0 aliphatic carbocycles. The van der Waals surface area contributed by atoms with Crippen LogP contribution in [0.1, 0.15) is 31.5 Å². The van der Waals surface area contributed by atoms with Crippen LogP contribution in [0.2, 0.25) is 0 Å². The third-order valence-electron chi connectivity index (χ3n) is 4.57. The fraction of sp³-hybridized carbons (Fsp3) is 0.412. The molecule has 0 amide bonds. The van der Waals surface area contributed by atoms with Gasteiger partial charge in [0, 0.05) is 12.1 Å². The van der Waals surface area contributed by atoms with Gasteiger partial charge in [-0.05, 0) is 62.1 Å². The smallest absolute Gasteiger partial charge is 0.165 e. The minimum atomic E-state index is 0.527. The van der Waals surface area contributed by atoms with E-state index in [1.54, 1.807) is 11.3 Å². The Labute approximate surface area is 134 Å².